The molecule has 0 radical (unpaired) electrons. The number of imidazole rings is 1. The van der Waals surface area contributed by atoms with Gasteiger partial charge in [0.05, 0.1) is 16.6 Å². The third-order valence-electron chi connectivity index (χ3n) is 3.43. The maximum Gasteiger partial charge on any atom is 0.323 e. The van der Waals surface area contributed by atoms with Crippen LogP contribution in [0.15, 0.2) is 47.3 Å². The Balaban J connectivity index is 1.71. The molecule has 1 heterocycles. The van der Waals surface area contributed by atoms with E-state index in [9.17, 15) is 14.0 Å². The van der Waals surface area contributed by atoms with E-state index in [1.807, 2.05) is 0 Å². The summed E-state index contributed by atoms with van der Waals surface area (Å²) < 4.78 is 13.5. The third kappa shape index (κ3) is 2.76. The van der Waals surface area contributed by atoms with E-state index in [0.717, 1.165) is 0 Å². The van der Waals surface area contributed by atoms with Crippen molar-refractivity contribution in [3.05, 3.63) is 69.9 Å². The van der Waals surface area contributed by atoms with Crippen LogP contribution in [0.25, 0.3) is 11.0 Å². The highest BCUT2D eigenvalue weighted by molar-refractivity contribution is 6.04. The van der Waals surface area contributed by atoms with Gasteiger partial charge in [0.1, 0.15) is 5.82 Å². The monoisotopic (exact) mass is 299 g/mol. The van der Waals surface area contributed by atoms with Crippen LogP contribution in [0.4, 0.5) is 4.39 Å². The number of benzene rings is 2. The zero-order valence-corrected chi connectivity index (χ0v) is 11.7. The minimum atomic E-state index is -0.360. The van der Waals surface area contributed by atoms with Gasteiger partial charge in [0.2, 0.25) is 0 Å². The Hall–Kier alpha value is -2.89. The molecule has 3 N–H and O–H groups in total. The molecule has 1 aromatic heterocycles. The fourth-order valence-electron chi connectivity index (χ4n) is 2.35. The van der Waals surface area contributed by atoms with Crippen LogP contribution in [0.1, 0.15) is 15.9 Å². The number of hydrogen-bond donors (Lipinski definition) is 3. The number of carbonyl (C=O) groups excluding carboxylic acids is 1. The van der Waals surface area contributed by atoms with Crippen LogP contribution in [-0.2, 0) is 6.42 Å². The number of para-hydroxylation sites is 1. The first-order valence-electron chi connectivity index (χ1n) is 6.88. The van der Waals surface area contributed by atoms with Gasteiger partial charge in [-0.05, 0) is 30.2 Å². The number of nitrogens with one attached hydrogen (secondary N) is 3. The van der Waals surface area contributed by atoms with Gasteiger partial charge in [0.15, 0.2) is 0 Å². The van der Waals surface area contributed by atoms with Gasteiger partial charge in [-0.3, -0.25) is 4.79 Å². The lowest BCUT2D eigenvalue weighted by molar-refractivity contribution is 0.0955. The number of aromatic nitrogens is 2. The van der Waals surface area contributed by atoms with Crippen LogP contribution < -0.4 is 11.0 Å². The molecule has 3 aromatic rings. The second kappa shape index (κ2) is 5.85. The molecule has 0 bridgehead atoms. The topological polar surface area (TPSA) is 77.8 Å². The van der Waals surface area contributed by atoms with Gasteiger partial charge < -0.3 is 15.3 Å². The number of fused-ring (bicyclic) bond motifs is 1. The zero-order chi connectivity index (χ0) is 15.5. The number of amides is 1. The quantitative estimate of drug-likeness (QED) is 0.688. The van der Waals surface area contributed by atoms with Crippen LogP contribution >= 0.6 is 0 Å². The molecule has 0 unspecified atom stereocenters. The summed E-state index contributed by atoms with van der Waals surface area (Å²) in [5, 5.41) is 2.73. The molecule has 0 saturated heterocycles. The fourth-order valence-corrected chi connectivity index (χ4v) is 2.35. The SMILES string of the molecule is O=C(NCCc1ccccc1F)c1cccc2[nH]c(=O)[nH]c12. The minimum absolute atomic E-state index is 0.284. The maximum atomic E-state index is 13.5. The number of hydrogen-bond acceptors (Lipinski definition) is 2. The van der Waals surface area contributed by atoms with Crippen molar-refractivity contribution in [3.63, 3.8) is 0 Å². The molecular formula is C16H14FN3O2. The summed E-state index contributed by atoms with van der Waals surface area (Å²) >= 11 is 0. The highest BCUT2D eigenvalue weighted by Crippen LogP contribution is 2.13. The van der Waals surface area contributed by atoms with E-state index in [1.54, 1.807) is 36.4 Å². The lowest BCUT2D eigenvalue weighted by atomic mass is 10.1. The van der Waals surface area contributed by atoms with E-state index < -0.39 is 0 Å². The Morgan fingerprint density at radius 2 is 1.91 bits per heavy atom. The minimum Gasteiger partial charge on any atom is -0.352 e. The van der Waals surface area contributed by atoms with Crippen molar-refractivity contribution < 1.29 is 9.18 Å². The molecule has 0 spiro atoms. The van der Waals surface area contributed by atoms with Gasteiger partial charge in [-0.1, -0.05) is 24.3 Å². The van der Waals surface area contributed by atoms with Crippen molar-refractivity contribution in [1.29, 1.82) is 0 Å². The molecule has 6 heteroatoms. The molecule has 0 saturated carbocycles. The van der Waals surface area contributed by atoms with Gasteiger partial charge in [-0.15, -0.1) is 0 Å². The van der Waals surface area contributed by atoms with Crippen molar-refractivity contribution in [3.8, 4) is 0 Å². The Morgan fingerprint density at radius 3 is 2.73 bits per heavy atom. The standard InChI is InChI=1S/C16H14FN3O2/c17-12-6-2-1-4-10(12)8-9-18-15(21)11-5-3-7-13-14(11)20-16(22)19-13/h1-7H,8-9H2,(H,18,21)(H2,19,20,22). The van der Waals surface area contributed by atoms with E-state index in [4.69, 9.17) is 0 Å². The van der Waals surface area contributed by atoms with E-state index in [-0.39, 0.29) is 17.4 Å². The summed E-state index contributed by atoms with van der Waals surface area (Å²) in [6.07, 6.45) is 0.401. The Kier molecular flexibility index (Phi) is 3.74. The molecule has 0 aliphatic carbocycles. The Bertz CT molecular complexity index is 882. The molecular weight excluding hydrogens is 285 g/mol. The predicted molar refractivity (Wildman–Crippen MR) is 81.4 cm³/mol. The number of rotatable bonds is 4. The van der Waals surface area contributed by atoms with Gasteiger partial charge >= 0.3 is 5.69 Å². The molecule has 2 aromatic carbocycles. The molecule has 0 atom stereocenters. The highest BCUT2D eigenvalue weighted by Gasteiger charge is 2.11. The van der Waals surface area contributed by atoms with Gasteiger partial charge in [0.25, 0.3) is 5.91 Å². The lowest BCUT2D eigenvalue weighted by Crippen LogP contribution is -2.26. The maximum absolute atomic E-state index is 13.5. The fraction of sp³-hybridized carbons (Fsp3) is 0.125. The predicted octanol–water partition coefficient (Wildman–Crippen LogP) is 1.97. The molecule has 22 heavy (non-hydrogen) atoms. The second-order valence-electron chi connectivity index (χ2n) is 4.90. The summed E-state index contributed by atoms with van der Waals surface area (Å²) in [5.74, 6) is -0.592. The first kappa shape index (κ1) is 14.1. The average Bonchev–Trinajstić information content (AvgIpc) is 2.89. The first-order chi connectivity index (χ1) is 10.6. The summed E-state index contributed by atoms with van der Waals surface area (Å²) in [4.78, 5) is 28.7. The van der Waals surface area contributed by atoms with Gasteiger partial charge in [-0.2, -0.15) is 0 Å². The number of H-pyrrole nitrogens is 2. The summed E-state index contributed by atoms with van der Waals surface area (Å²) in [6.45, 7) is 0.310. The normalized spacial score (nSPS) is 10.8. The number of aromatic amines is 2. The molecule has 0 fully saturated rings. The van der Waals surface area contributed by atoms with E-state index in [2.05, 4.69) is 15.3 Å². The largest absolute Gasteiger partial charge is 0.352 e. The van der Waals surface area contributed by atoms with E-state index in [1.165, 1.54) is 6.07 Å². The van der Waals surface area contributed by atoms with Crippen molar-refractivity contribution in [2.75, 3.05) is 6.54 Å². The van der Waals surface area contributed by atoms with Crippen LogP contribution in [0, 0.1) is 5.82 Å². The molecule has 5 nitrogen and oxygen atoms in total. The van der Waals surface area contributed by atoms with Gasteiger partial charge in [-0.25, -0.2) is 9.18 Å². The van der Waals surface area contributed by atoms with E-state index >= 15 is 0 Å². The van der Waals surface area contributed by atoms with Crippen LogP contribution in [0.2, 0.25) is 0 Å². The molecule has 0 aliphatic heterocycles. The molecule has 112 valence electrons. The lowest BCUT2D eigenvalue weighted by Gasteiger charge is -2.07. The van der Waals surface area contributed by atoms with Gasteiger partial charge in [0, 0.05) is 6.54 Å². The first-order valence-corrected chi connectivity index (χ1v) is 6.88. The summed E-state index contributed by atoms with van der Waals surface area (Å²) in [6, 6.07) is 11.5. The van der Waals surface area contributed by atoms with Crippen LogP contribution in [-0.4, -0.2) is 22.4 Å². The molecule has 1 amide bonds. The van der Waals surface area contributed by atoms with Crippen LogP contribution in [0.5, 0.6) is 0 Å². The number of halogens is 1. The van der Waals surface area contributed by atoms with Crippen molar-refractivity contribution >= 4 is 16.9 Å². The van der Waals surface area contributed by atoms with Crippen molar-refractivity contribution in [2.24, 2.45) is 0 Å². The van der Waals surface area contributed by atoms with Crippen molar-refractivity contribution in [1.82, 2.24) is 15.3 Å². The number of carbonyl (C=O) groups is 1. The highest BCUT2D eigenvalue weighted by atomic mass is 19.1. The molecule has 3 rings (SSSR count). The average molecular weight is 299 g/mol. The molecule has 0 aliphatic rings. The third-order valence-corrected chi connectivity index (χ3v) is 3.43. The Labute approximate surface area is 125 Å². The smallest absolute Gasteiger partial charge is 0.323 e. The van der Waals surface area contributed by atoms with Crippen molar-refractivity contribution in [2.45, 2.75) is 6.42 Å². The summed E-state index contributed by atoms with van der Waals surface area (Å²) in [7, 11) is 0. The Morgan fingerprint density at radius 1 is 1.09 bits per heavy atom. The summed E-state index contributed by atoms with van der Waals surface area (Å²) in [5.41, 5.74) is 1.62. The van der Waals surface area contributed by atoms with Crippen LogP contribution in [0.3, 0.4) is 0 Å². The van der Waals surface area contributed by atoms with E-state index in [0.29, 0.717) is 35.1 Å². The second-order valence-corrected chi connectivity index (χ2v) is 4.90. The zero-order valence-electron chi connectivity index (χ0n) is 11.7.